The van der Waals surface area contributed by atoms with Crippen LogP contribution in [0.3, 0.4) is 0 Å². The Hall–Kier alpha value is -0.380. The number of hydrogen-bond acceptors (Lipinski definition) is 4. The molecule has 0 aromatic rings. The van der Waals surface area contributed by atoms with E-state index in [-0.39, 0.29) is 0 Å². The number of carbonyl (C=O) groups is 1. The molecule has 0 aromatic carbocycles. The Morgan fingerprint density at radius 1 is 2.00 bits per heavy atom. The minimum atomic E-state index is -0.952. The highest BCUT2D eigenvalue weighted by Crippen LogP contribution is 2.00. The highest BCUT2D eigenvalue weighted by atomic mass is 32.2. The van der Waals surface area contributed by atoms with Gasteiger partial charge in [0.2, 0.25) is 0 Å². The maximum atomic E-state index is 10.3. The molecule has 0 aliphatic carbocycles. The van der Waals surface area contributed by atoms with Crippen LogP contribution in [0.5, 0.6) is 0 Å². The molecule has 10 heavy (non-hydrogen) atoms. The molecule has 1 N–H and O–H groups in total. The Morgan fingerprint density at radius 2 is 2.60 bits per heavy atom. The Balaban J connectivity index is 3.97. The van der Waals surface area contributed by atoms with Gasteiger partial charge < -0.3 is 5.11 Å². The number of aliphatic imine (C=N–C) groups is 1. The summed E-state index contributed by atoms with van der Waals surface area (Å²) in [6.45, 7) is 0. The van der Waals surface area contributed by atoms with Crippen molar-refractivity contribution in [3.05, 3.63) is 0 Å². The van der Waals surface area contributed by atoms with E-state index in [2.05, 4.69) is 17.2 Å². The van der Waals surface area contributed by atoms with Crippen molar-refractivity contribution in [2.45, 2.75) is 6.04 Å². The third-order valence-corrected chi connectivity index (χ3v) is 1.57. The number of carboxylic acid groups (broad SMARTS) is 1. The van der Waals surface area contributed by atoms with Crippen molar-refractivity contribution in [1.29, 1.82) is 0 Å². The van der Waals surface area contributed by atoms with Gasteiger partial charge in [-0.05, 0) is 18.5 Å². The lowest BCUT2D eigenvalue weighted by atomic mass is 10.4. The lowest BCUT2D eigenvalue weighted by Crippen LogP contribution is -2.19. The summed E-state index contributed by atoms with van der Waals surface area (Å²) >= 11 is 5.69. The van der Waals surface area contributed by atoms with Crippen LogP contribution in [0.1, 0.15) is 0 Å². The standard InChI is InChI=1S/C5H7NO2S2/c1-10-2-4(5(7)8)6-3-9/h4H,2H2,1H3,(H,7,8). The molecule has 1 unspecified atom stereocenters. The first-order valence-corrected chi connectivity index (χ1v) is 4.31. The van der Waals surface area contributed by atoms with Gasteiger partial charge in [0.05, 0.1) is 5.16 Å². The van der Waals surface area contributed by atoms with Gasteiger partial charge in [0.15, 0.2) is 6.04 Å². The molecule has 0 radical (unpaired) electrons. The van der Waals surface area contributed by atoms with Crippen LogP contribution in [0.2, 0.25) is 0 Å². The van der Waals surface area contributed by atoms with E-state index in [1.54, 1.807) is 0 Å². The van der Waals surface area contributed by atoms with Gasteiger partial charge in [0, 0.05) is 5.75 Å². The normalized spacial score (nSPS) is 11.7. The number of isothiocyanates is 1. The van der Waals surface area contributed by atoms with Crippen molar-refractivity contribution in [3.8, 4) is 0 Å². The lowest BCUT2D eigenvalue weighted by Gasteiger charge is -2.00. The van der Waals surface area contributed by atoms with Crippen molar-refractivity contribution in [2.24, 2.45) is 4.99 Å². The number of thioether (sulfide) groups is 1. The van der Waals surface area contributed by atoms with Crippen LogP contribution in [0.25, 0.3) is 0 Å². The highest BCUT2D eigenvalue weighted by Gasteiger charge is 2.13. The molecule has 3 nitrogen and oxygen atoms in total. The fourth-order valence-corrected chi connectivity index (χ4v) is 1.05. The van der Waals surface area contributed by atoms with E-state index < -0.39 is 12.0 Å². The SMILES string of the molecule is CSCC(N=C=S)C(=O)O. The number of hydrogen-bond donors (Lipinski definition) is 1. The lowest BCUT2D eigenvalue weighted by molar-refractivity contribution is -0.137. The number of thiocarbonyl (C=S) groups is 1. The third-order valence-electron chi connectivity index (χ3n) is 0.818. The average molecular weight is 177 g/mol. The zero-order valence-corrected chi connectivity index (χ0v) is 7.04. The van der Waals surface area contributed by atoms with Crippen LogP contribution in [-0.4, -0.2) is 34.3 Å². The van der Waals surface area contributed by atoms with Gasteiger partial charge in [-0.1, -0.05) is 0 Å². The van der Waals surface area contributed by atoms with Crippen molar-refractivity contribution >= 4 is 35.1 Å². The minimum Gasteiger partial charge on any atom is -0.480 e. The van der Waals surface area contributed by atoms with E-state index in [0.717, 1.165) is 0 Å². The van der Waals surface area contributed by atoms with Crippen LogP contribution in [0, 0.1) is 0 Å². The Morgan fingerprint density at radius 3 is 2.90 bits per heavy atom. The van der Waals surface area contributed by atoms with E-state index in [1.807, 2.05) is 11.4 Å². The third kappa shape index (κ3) is 3.61. The topological polar surface area (TPSA) is 49.7 Å². The first kappa shape index (κ1) is 9.62. The first-order valence-electron chi connectivity index (χ1n) is 2.51. The second-order valence-corrected chi connectivity index (χ2v) is 2.62. The number of nitrogens with zero attached hydrogens (tertiary/aromatic N) is 1. The zero-order chi connectivity index (χ0) is 7.98. The zero-order valence-electron chi connectivity index (χ0n) is 5.40. The van der Waals surface area contributed by atoms with Gasteiger partial charge in [-0.3, -0.25) is 0 Å². The van der Waals surface area contributed by atoms with Crippen molar-refractivity contribution in [2.75, 3.05) is 12.0 Å². The maximum absolute atomic E-state index is 10.3. The average Bonchev–Trinajstić information content (AvgIpc) is 1.87. The molecule has 0 aromatic heterocycles. The molecule has 0 amide bonds. The molecular formula is C5H7NO2S2. The summed E-state index contributed by atoms with van der Waals surface area (Å²) in [7, 11) is 0. The monoisotopic (exact) mass is 177 g/mol. The number of rotatable bonds is 4. The van der Waals surface area contributed by atoms with E-state index in [0.29, 0.717) is 5.75 Å². The maximum Gasteiger partial charge on any atom is 0.330 e. The minimum absolute atomic E-state index is 0.443. The molecule has 0 spiro atoms. The smallest absolute Gasteiger partial charge is 0.330 e. The largest absolute Gasteiger partial charge is 0.480 e. The second-order valence-electron chi connectivity index (χ2n) is 1.53. The summed E-state index contributed by atoms with van der Waals surface area (Å²) in [5.74, 6) is -0.509. The quantitative estimate of drug-likeness (QED) is 0.512. The molecule has 0 fully saturated rings. The molecule has 0 aliphatic rings. The summed E-state index contributed by atoms with van der Waals surface area (Å²) < 4.78 is 0. The number of aliphatic carboxylic acids is 1. The first-order chi connectivity index (χ1) is 4.72. The summed E-state index contributed by atoms with van der Waals surface area (Å²) in [6.07, 6.45) is 1.81. The van der Waals surface area contributed by atoms with Gasteiger partial charge in [-0.25, -0.2) is 9.79 Å². The van der Waals surface area contributed by atoms with Crippen molar-refractivity contribution < 1.29 is 9.90 Å². The molecule has 0 saturated heterocycles. The molecule has 0 bridgehead atoms. The van der Waals surface area contributed by atoms with E-state index in [9.17, 15) is 4.79 Å². The molecule has 0 aliphatic heterocycles. The predicted molar refractivity (Wildman–Crippen MR) is 44.8 cm³/mol. The molecule has 0 heterocycles. The van der Waals surface area contributed by atoms with Gasteiger partial charge in [0.1, 0.15) is 0 Å². The van der Waals surface area contributed by atoms with E-state index in [4.69, 9.17) is 5.11 Å². The van der Waals surface area contributed by atoms with Crippen LogP contribution in [0.15, 0.2) is 4.99 Å². The molecule has 1 atom stereocenters. The summed E-state index contributed by atoms with van der Waals surface area (Å²) in [6, 6.07) is -0.729. The Labute approximate surface area is 68.5 Å². The Kier molecular flexibility index (Phi) is 5.20. The van der Waals surface area contributed by atoms with E-state index in [1.165, 1.54) is 11.8 Å². The van der Waals surface area contributed by atoms with E-state index >= 15 is 0 Å². The van der Waals surface area contributed by atoms with Crippen LogP contribution >= 0.6 is 24.0 Å². The molecule has 5 heteroatoms. The predicted octanol–water partition coefficient (Wildman–Crippen LogP) is 0.905. The van der Waals surface area contributed by atoms with Gasteiger partial charge in [0.25, 0.3) is 0 Å². The number of carboxylic acids is 1. The molecule has 0 saturated carbocycles. The molecule has 0 rings (SSSR count). The summed E-state index contributed by atoms with van der Waals surface area (Å²) in [5.41, 5.74) is 0. The van der Waals surface area contributed by atoms with Crippen LogP contribution in [-0.2, 0) is 4.79 Å². The van der Waals surface area contributed by atoms with Gasteiger partial charge >= 0.3 is 5.97 Å². The van der Waals surface area contributed by atoms with Crippen LogP contribution in [0.4, 0.5) is 0 Å². The van der Waals surface area contributed by atoms with Crippen LogP contribution < -0.4 is 0 Å². The summed E-state index contributed by atoms with van der Waals surface area (Å²) in [5, 5.41) is 10.5. The fourth-order valence-electron chi connectivity index (χ4n) is 0.385. The molecule has 56 valence electrons. The highest BCUT2D eigenvalue weighted by molar-refractivity contribution is 7.98. The second kappa shape index (κ2) is 5.41. The van der Waals surface area contributed by atoms with Crippen molar-refractivity contribution in [3.63, 3.8) is 0 Å². The molecular weight excluding hydrogens is 170 g/mol. The Bertz CT molecular complexity index is 163. The summed E-state index contributed by atoms with van der Waals surface area (Å²) in [4.78, 5) is 13.7. The van der Waals surface area contributed by atoms with Crippen molar-refractivity contribution in [1.82, 2.24) is 0 Å². The van der Waals surface area contributed by atoms with Gasteiger partial charge in [-0.15, -0.1) is 0 Å². The van der Waals surface area contributed by atoms with Gasteiger partial charge in [-0.2, -0.15) is 11.8 Å². The fraction of sp³-hybridized carbons (Fsp3) is 0.600.